The Hall–Kier alpha value is -3.64. The predicted octanol–water partition coefficient (Wildman–Crippen LogP) is 3.89. The van der Waals surface area contributed by atoms with Gasteiger partial charge in [-0.3, -0.25) is 9.59 Å². The molecule has 1 amide bonds. The smallest absolute Gasteiger partial charge is 0.264 e. The van der Waals surface area contributed by atoms with Crippen molar-refractivity contribution in [2.24, 2.45) is 0 Å². The number of hydrogen-bond donors (Lipinski definition) is 1. The lowest BCUT2D eigenvalue weighted by molar-refractivity contribution is -0.135. The Balaban J connectivity index is 1.54. The third-order valence-electron chi connectivity index (χ3n) is 5.62. The first-order valence-corrected chi connectivity index (χ1v) is 10.4. The summed E-state index contributed by atoms with van der Waals surface area (Å²) in [5, 5.41) is 11.4. The first kappa shape index (κ1) is 21.6. The maximum absolute atomic E-state index is 13.3. The summed E-state index contributed by atoms with van der Waals surface area (Å²) in [5.74, 6) is 0.388. The zero-order valence-corrected chi connectivity index (χ0v) is 18.1. The highest BCUT2D eigenvalue weighted by Crippen LogP contribution is 2.42. The van der Waals surface area contributed by atoms with Gasteiger partial charge in [0.05, 0.1) is 25.8 Å². The van der Waals surface area contributed by atoms with E-state index in [0.717, 1.165) is 5.56 Å². The van der Waals surface area contributed by atoms with Crippen LogP contribution in [0.15, 0.2) is 72.8 Å². The van der Waals surface area contributed by atoms with Gasteiger partial charge in [-0.25, -0.2) is 0 Å². The molecule has 0 spiro atoms. The summed E-state index contributed by atoms with van der Waals surface area (Å²) in [6.07, 6.45) is -0.356. The number of fused-ring (bicyclic) bond motifs is 1. The minimum absolute atomic E-state index is 0.249. The van der Waals surface area contributed by atoms with Crippen molar-refractivity contribution in [2.45, 2.75) is 18.9 Å². The zero-order chi connectivity index (χ0) is 22.7. The van der Waals surface area contributed by atoms with E-state index in [1.165, 1.54) is 12.0 Å². The second kappa shape index (κ2) is 8.85. The van der Waals surface area contributed by atoms with E-state index in [-0.39, 0.29) is 25.4 Å². The predicted molar refractivity (Wildman–Crippen MR) is 121 cm³/mol. The summed E-state index contributed by atoms with van der Waals surface area (Å²) in [5.41, 5.74) is 0.544. The monoisotopic (exact) mass is 431 g/mol. The standard InChI is InChI=1S/C26H25NO5/c1-18-7-5-10-21(15-18)32-14-13-27-23-12-4-3-11-22(23)26(30,25(27)29)17-24(28)19-8-6-9-20(16-19)31-2/h3-12,15-16,30H,13-14,17H2,1-2H3. The molecule has 0 saturated carbocycles. The Kier molecular flexibility index (Phi) is 5.97. The van der Waals surface area contributed by atoms with Crippen molar-refractivity contribution in [3.8, 4) is 11.5 Å². The SMILES string of the molecule is COc1cccc(C(=O)CC2(O)C(=O)N(CCOc3cccc(C)c3)c3ccccc32)c1. The third-order valence-corrected chi connectivity index (χ3v) is 5.62. The highest BCUT2D eigenvalue weighted by molar-refractivity contribution is 6.10. The average Bonchev–Trinajstić information content (AvgIpc) is 3.01. The minimum Gasteiger partial charge on any atom is -0.497 e. The van der Waals surface area contributed by atoms with Crippen LogP contribution in [0.4, 0.5) is 5.69 Å². The summed E-state index contributed by atoms with van der Waals surface area (Å²) in [6, 6.07) is 21.4. The van der Waals surface area contributed by atoms with Gasteiger partial charge in [0.15, 0.2) is 11.4 Å². The van der Waals surface area contributed by atoms with Gasteiger partial charge in [-0.1, -0.05) is 42.5 Å². The lowest BCUT2D eigenvalue weighted by atomic mass is 9.88. The molecule has 0 aliphatic carbocycles. The molecular formula is C26H25NO5. The van der Waals surface area contributed by atoms with E-state index in [1.54, 1.807) is 48.5 Å². The number of hydrogen-bond acceptors (Lipinski definition) is 5. The quantitative estimate of drug-likeness (QED) is 0.548. The van der Waals surface area contributed by atoms with Crippen LogP contribution in [0.1, 0.15) is 27.9 Å². The van der Waals surface area contributed by atoms with Crippen LogP contribution in [0.3, 0.4) is 0 Å². The molecule has 3 aromatic carbocycles. The molecule has 164 valence electrons. The molecule has 6 nitrogen and oxygen atoms in total. The number of carbonyl (C=O) groups excluding carboxylic acids is 2. The molecule has 0 saturated heterocycles. The van der Waals surface area contributed by atoms with E-state index in [0.29, 0.717) is 28.3 Å². The zero-order valence-electron chi connectivity index (χ0n) is 18.1. The summed E-state index contributed by atoms with van der Waals surface area (Å²) in [7, 11) is 1.52. The third kappa shape index (κ3) is 4.09. The maximum Gasteiger partial charge on any atom is 0.264 e. The molecule has 1 atom stereocenters. The number of aryl methyl sites for hydroxylation is 1. The minimum atomic E-state index is -1.93. The summed E-state index contributed by atoms with van der Waals surface area (Å²) >= 11 is 0. The molecule has 4 rings (SSSR count). The van der Waals surface area contributed by atoms with E-state index >= 15 is 0 Å². The van der Waals surface area contributed by atoms with Crippen LogP contribution < -0.4 is 14.4 Å². The number of anilines is 1. The maximum atomic E-state index is 13.3. The van der Waals surface area contributed by atoms with E-state index in [9.17, 15) is 14.7 Å². The first-order valence-electron chi connectivity index (χ1n) is 10.4. The van der Waals surface area contributed by atoms with Crippen molar-refractivity contribution in [3.05, 3.63) is 89.5 Å². The number of para-hydroxylation sites is 1. The van der Waals surface area contributed by atoms with Gasteiger partial charge in [0, 0.05) is 11.1 Å². The molecule has 6 heteroatoms. The van der Waals surface area contributed by atoms with Crippen molar-refractivity contribution >= 4 is 17.4 Å². The van der Waals surface area contributed by atoms with Crippen LogP contribution in [0, 0.1) is 6.92 Å². The molecule has 0 radical (unpaired) electrons. The molecule has 0 bridgehead atoms. The van der Waals surface area contributed by atoms with Crippen LogP contribution >= 0.6 is 0 Å². The van der Waals surface area contributed by atoms with Gasteiger partial charge in [0.25, 0.3) is 5.91 Å². The summed E-state index contributed by atoms with van der Waals surface area (Å²) in [6.45, 7) is 2.48. The number of ether oxygens (including phenoxy) is 2. The molecule has 0 aromatic heterocycles. The molecule has 3 aromatic rings. The largest absolute Gasteiger partial charge is 0.497 e. The van der Waals surface area contributed by atoms with E-state index < -0.39 is 11.5 Å². The first-order chi connectivity index (χ1) is 15.4. The molecule has 1 aliphatic heterocycles. The van der Waals surface area contributed by atoms with Crippen LogP contribution in [-0.4, -0.2) is 37.1 Å². The fraction of sp³-hybridized carbons (Fsp3) is 0.231. The van der Waals surface area contributed by atoms with Gasteiger partial charge in [-0.15, -0.1) is 0 Å². The number of aliphatic hydroxyl groups is 1. The number of benzene rings is 3. The van der Waals surface area contributed by atoms with Gasteiger partial charge in [-0.2, -0.15) is 0 Å². The topological polar surface area (TPSA) is 76.1 Å². The molecular weight excluding hydrogens is 406 g/mol. The van der Waals surface area contributed by atoms with Crippen LogP contribution in [0.2, 0.25) is 0 Å². The Bertz CT molecular complexity index is 1160. The number of ketones is 1. The number of carbonyl (C=O) groups is 2. The Labute approximate surface area is 187 Å². The Morgan fingerprint density at radius 3 is 2.53 bits per heavy atom. The number of rotatable bonds is 8. The number of nitrogens with zero attached hydrogens (tertiary/aromatic N) is 1. The van der Waals surface area contributed by atoms with Crippen molar-refractivity contribution in [1.82, 2.24) is 0 Å². The number of Topliss-reactive ketones (excluding diaryl/α,β-unsaturated/α-hetero) is 1. The summed E-state index contributed by atoms with van der Waals surface area (Å²) < 4.78 is 11.0. The van der Waals surface area contributed by atoms with E-state index in [1.807, 2.05) is 31.2 Å². The van der Waals surface area contributed by atoms with Gasteiger partial charge in [-0.05, 0) is 42.8 Å². The number of methoxy groups -OCH3 is 1. The van der Waals surface area contributed by atoms with Crippen molar-refractivity contribution in [1.29, 1.82) is 0 Å². The second-order valence-corrected chi connectivity index (χ2v) is 7.83. The second-order valence-electron chi connectivity index (χ2n) is 7.83. The van der Waals surface area contributed by atoms with Gasteiger partial charge < -0.3 is 19.5 Å². The van der Waals surface area contributed by atoms with Gasteiger partial charge in [0.1, 0.15) is 18.1 Å². The molecule has 1 heterocycles. The normalized spacial score (nSPS) is 17.2. The van der Waals surface area contributed by atoms with Crippen molar-refractivity contribution in [2.75, 3.05) is 25.2 Å². The highest BCUT2D eigenvalue weighted by Gasteiger charge is 2.50. The molecule has 1 aliphatic rings. The average molecular weight is 431 g/mol. The van der Waals surface area contributed by atoms with E-state index in [4.69, 9.17) is 9.47 Å². The van der Waals surface area contributed by atoms with Gasteiger partial charge >= 0.3 is 0 Å². The fourth-order valence-electron chi connectivity index (χ4n) is 3.99. The summed E-state index contributed by atoms with van der Waals surface area (Å²) in [4.78, 5) is 27.8. The van der Waals surface area contributed by atoms with Crippen LogP contribution in [0.5, 0.6) is 11.5 Å². The van der Waals surface area contributed by atoms with Crippen LogP contribution in [-0.2, 0) is 10.4 Å². The van der Waals surface area contributed by atoms with E-state index in [2.05, 4.69) is 0 Å². The Morgan fingerprint density at radius 2 is 1.75 bits per heavy atom. The lowest BCUT2D eigenvalue weighted by Crippen LogP contribution is -2.43. The van der Waals surface area contributed by atoms with Gasteiger partial charge in [0.2, 0.25) is 0 Å². The van der Waals surface area contributed by atoms with Crippen molar-refractivity contribution < 1.29 is 24.2 Å². The van der Waals surface area contributed by atoms with Crippen LogP contribution in [0.25, 0.3) is 0 Å². The molecule has 1 unspecified atom stereocenters. The lowest BCUT2D eigenvalue weighted by Gasteiger charge is -2.23. The Morgan fingerprint density at radius 1 is 1.00 bits per heavy atom. The highest BCUT2D eigenvalue weighted by atomic mass is 16.5. The number of amides is 1. The molecule has 0 fully saturated rings. The molecule has 32 heavy (non-hydrogen) atoms. The molecule has 1 N–H and O–H groups in total. The van der Waals surface area contributed by atoms with Crippen molar-refractivity contribution in [3.63, 3.8) is 0 Å². The fourth-order valence-corrected chi connectivity index (χ4v) is 3.99.